The molecule has 0 saturated heterocycles. The number of nitrogens with two attached hydrogens (primary N) is 2. The second-order valence-electron chi connectivity index (χ2n) is 4.64. The average Bonchev–Trinajstić information content (AvgIpc) is 2.29. The molecule has 0 aliphatic rings. The van der Waals surface area contributed by atoms with Crippen LogP contribution in [0.15, 0.2) is 0 Å². The zero-order chi connectivity index (χ0) is 16.1. The number of hydrogen-bond acceptors (Lipinski definition) is 6. The lowest BCUT2D eigenvalue weighted by molar-refractivity contribution is 0.578. The molecule has 0 saturated carbocycles. The van der Waals surface area contributed by atoms with Crippen molar-refractivity contribution in [1.82, 2.24) is 4.72 Å². The molecule has 0 aromatic rings. The molecule has 7 nitrogen and oxygen atoms in total. The lowest BCUT2D eigenvalue weighted by Crippen LogP contribution is -2.22. The van der Waals surface area contributed by atoms with Gasteiger partial charge in [0, 0.05) is 18.6 Å². The summed E-state index contributed by atoms with van der Waals surface area (Å²) in [5, 5.41) is 0. The van der Waals surface area contributed by atoms with Gasteiger partial charge in [-0.05, 0) is 38.8 Å². The molecule has 0 aromatic heterocycles. The Kier molecular flexibility index (Phi) is 13.8. The van der Waals surface area contributed by atoms with E-state index in [9.17, 15) is 16.8 Å². The van der Waals surface area contributed by atoms with Gasteiger partial charge in [-0.3, -0.25) is 0 Å². The van der Waals surface area contributed by atoms with E-state index in [0.29, 0.717) is 19.4 Å². The number of nitrogens with one attached hydrogen (secondary N) is 1. The number of sulfonamides is 1. The SMILES string of the molecule is CS(=O)(=O)CCCCCNS(C)(=O)=O.NCCCCN. The van der Waals surface area contributed by atoms with Crippen LogP contribution in [-0.2, 0) is 19.9 Å². The van der Waals surface area contributed by atoms with Crippen LogP contribution >= 0.6 is 0 Å². The predicted octanol–water partition coefficient (Wildman–Crippen LogP) is -0.565. The third kappa shape index (κ3) is 26.4. The Hall–Kier alpha value is -0.220. The van der Waals surface area contributed by atoms with Crippen molar-refractivity contribution in [2.75, 3.05) is 37.9 Å². The number of hydrogen-bond donors (Lipinski definition) is 3. The third-order valence-electron chi connectivity index (χ3n) is 2.21. The van der Waals surface area contributed by atoms with E-state index >= 15 is 0 Å². The van der Waals surface area contributed by atoms with Crippen molar-refractivity contribution < 1.29 is 16.8 Å². The maximum atomic E-state index is 10.7. The Labute approximate surface area is 123 Å². The fourth-order valence-corrected chi connectivity index (χ4v) is 2.46. The van der Waals surface area contributed by atoms with Crippen molar-refractivity contribution >= 4 is 19.9 Å². The molecule has 20 heavy (non-hydrogen) atoms. The fourth-order valence-electron chi connectivity index (χ4n) is 1.21. The van der Waals surface area contributed by atoms with E-state index < -0.39 is 19.9 Å². The van der Waals surface area contributed by atoms with Crippen LogP contribution in [0.4, 0.5) is 0 Å². The summed E-state index contributed by atoms with van der Waals surface area (Å²) in [6.45, 7) is 1.93. The lowest BCUT2D eigenvalue weighted by atomic mass is 10.2. The van der Waals surface area contributed by atoms with E-state index in [-0.39, 0.29) is 5.75 Å². The molecule has 0 bridgehead atoms. The van der Waals surface area contributed by atoms with Gasteiger partial charge < -0.3 is 11.5 Å². The van der Waals surface area contributed by atoms with Crippen LogP contribution < -0.4 is 16.2 Å². The molecule has 124 valence electrons. The van der Waals surface area contributed by atoms with Crippen LogP contribution in [0, 0.1) is 0 Å². The number of sulfone groups is 1. The van der Waals surface area contributed by atoms with Crippen LogP contribution in [0.2, 0.25) is 0 Å². The molecule has 0 atom stereocenters. The van der Waals surface area contributed by atoms with Gasteiger partial charge in [0.15, 0.2) is 0 Å². The zero-order valence-corrected chi connectivity index (χ0v) is 14.1. The Morgan fingerprint density at radius 1 is 0.800 bits per heavy atom. The first-order valence-corrected chi connectivity index (χ1v) is 10.6. The van der Waals surface area contributed by atoms with Crippen LogP contribution in [0.3, 0.4) is 0 Å². The van der Waals surface area contributed by atoms with E-state index in [2.05, 4.69) is 4.72 Å². The predicted molar refractivity (Wildman–Crippen MR) is 83.8 cm³/mol. The standard InChI is InChI=1S/C7H17NO4S2.C4H12N2/c1-13(9,10)7-5-3-4-6-8-14(2,11)12;5-3-1-2-4-6/h8H,3-7H2,1-2H3;1-6H2. The molecule has 0 aliphatic carbocycles. The summed E-state index contributed by atoms with van der Waals surface area (Å²) in [5.74, 6) is 0.172. The van der Waals surface area contributed by atoms with Crippen LogP contribution in [0.5, 0.6) is 0 Å². The first-order chi connectivity index (χ1) is 9.12. The van der Waals surface area contributed by atoms with E-state index in [0.717, 1.165) is 38.6 Å². The van der Waals surface area contributed by atoms with Crippen molar-refractivity contribution in [1.29, 1.82) is 0 Å². The first-order valence-electron chi connectivity index (χ1n) is 6.65. The van der Waals surface area contributed by atoms with E-state index in [1.165, 1.54) is 6.26 Å². The molecule has 0 aromatic carbocycles. The number of rotatable bonds is 10. The molecular formula is C11H29N3O4S2. The van der Waals surface area contributed by atoms with E-state index in [1.807, 2.05) is 0 Å². The highest BCUT2D eigenvalue weighted by atomic mass is 32.2. The molecule has 0 radical (unpaired) electrons. The van der Waals surface area contributed by atoms with Gasteiger partial charge in [-0.1, -0.05) is 6.42 Å². The van der Waals surface area contributed by atoms with Gasteiger partial charge in [0.05, 0.1) is 6.26 Å². The smallest absolute Gasteiger partial charge is 0.208 e. The van der Waals surface area contributed by atoms with Gasteiger partial charge in [0.1, 0.15) is 9.84 Å². The third-order valence-corrected chi connectivity index (χ3v) is 3.97. The van der Waals surface area contributed by atoms with Crippen LogP contribution in [0.1, 0.15) is 32.1 Å². The summed E-state index contributed by atoms with van der Waals surface area (Å²) in [6, 6.07) is 0. The van der Waals surface area contributed by atoms with Gasteiger partial charge in [-0.25, -0.2) is 21.6 Å². The molecule has 0 amide bonds. The summed E-state index contributed by atoms with van der Waals surface area (Å²) in [5.41, 5.74) is 10.3. The van der Waals surface area contributed by atoms with Gasteiger partial charge >= 0.3 is 0 Å². The van der Waals surface area contributed by atoms with Crippen molar-refractivity contribution in [3.05, 3.63) is 0 Å². The minimum atomic E-state index is -3.11. The monoisotopic (exact) mass is 331 g/mol. The summed E-state index contributed by atoms with van der Waals surface area (Å²) in [6.07, 6.45) is 6.40. The largest absolute Gasteiger partial charge is 0.330 e. The molecule has 0 fully saturated rings. The second kappa shape index (κ2) is 12.5. The molecule has 9 heteroatoms. The molecule has 0 unspecified atom stereocenters. The van der Waals surface area contributed by atoms with E-state index in [1.54, 1.807) is 0 Å². The van der Waals surface area contributed by atoms with Gasteiger partial charge in [-0.15, -0.1) is 0 Å². The lowest BCUT2D eigenvalue weighted by Gasteiger charge is -2.01. The van der Waals surface area contributed by atoms with E-state index in [4.69, 9.17) is 11.5 Å². The minimum Gasteiger partial charge on any atom is -0.330 e. The highest BCUT2D eigenvalue weighted by Gasteiger charge is 2.02. The fraction of sp³-hybridized carbons (Fsp3) is 1.00. The first kappa shape index (κ1) is 22.1. The number of unbranched alkanes of at least 4 members (excludes halogenated alkanes) is 3. The molecule has 0 rings (SSSR count). The summed E-state index contributed by atoms with van der Waals surface area (Å²) in [4.78, 5) is 0. The quantitative estimate of drug-likeness (QED) is 0.459. The Balaban J connectivity index is 0. The Bertz CT molecular complexity index is 367. The maximum Gasteiger partial charge on any atom is 0.208 e. The average molecular weight is 332 g/mol. The van der Waals surface area contributed by atoms with Crippen LogP contribution in [-0.4, -0.2) is 54.7 Å². The Morgan fingerprint density at radius 3 is 1.65 bits per heavy atom. The topological polar surface area (TPSA) is 132 Å². The second-order valence-corrected chi connectivity index (χ2v) is 8.73. The van der Waals surface area contributed by atoms with Gasteiger partial charge in [0.2, 0.25) is 10.0 Å². The molecule has 5 N–H and O–H groups in total. The van der Waals surface area contributed by atoms with Gasteiger partial charge in [-0.2, -0.15) is 0 Å². The normalized spacial score (nSPS) is 11.8. The highest BCUT2D eigenvalue weighted by molar-refractivity contribution is 7.90. The zero-order valence-electron chi connectivity index (χ0n) is 12.5. The van der Waals surface area contributed by atoms with Gasteiger partial charge in [0.25, 0.3) is 0 Å². The Morgan fingerprint density at radius 2 is 1.30 bits per heavy atom. The van der Waals surface area contributed by atoms with Crippen molar-refractivity contribution in [3.63, 3.8) is 0 Å². The summed E-state index contributed by atoms with van der Waals surface area (Å²) in [7, 11) is -5.99. The summed E-state index contributed by atoms with van der Waals surface area (Å²) >= 11 is 0. The van der Waals surface area contributed by atoms with Crippen molar-refractivity contribution in [2.24, 2.45) is 11.5 Å². The van der Waals surface area contributed by atoms with Crippen LogP contribution in [0.25, 0.3) is 0 Å². The highest BCUT2D eigenvalue weighted by Crippen LogP contribution is 1.97. The van der Waals surface area contributed by atoms with Crippen molar-refractivity contribution in [3.8, 4) is 0 Å². The molecule has 0 heterocycles. The minimum absolute atomic E-state index is 0.172. The molecule has 0 aliphatic heterocycles. The molecular weight excluding hydrogens is 302 g/mol. The van der Waals surface area contributed by atoms with Crippen molar-refractivity contribution in [2.45, 2.75) is 32.1 Å². The molecule has 0 spiro atoms. The summed E-state index contributed by atoms with van der Waals surface area (Å²) < 4.78 is 45.0. The maximum absolute atomic E-state index is 10.7.